The van der Waals surface area contributed by atoms with Gasteiger partial charge in [0.2, 0.25) is 5.91 Å². The maximum atomic E-state index is 10.9. The van der Waals surface area contributed by atoms with Crippen molar-refractivity contribution in [3.8, 4) is 0 Å². The van der Waals surface area contributed by atoms with Crippen molar-refractivity contribution >= 4 is 11.7 Å². The van der Waals surface area contributed by atoms with Gasteiger partial charge < -0.3 is 11.1 Å². The molecule has 1 amide bonds. The molecule has 1 heterocycles. The molecular weight excluding hydrogens is 178 g/mol. The summed E-state index contributed by atoms with van der Waals surface area (Å²) >= 11 is 0. The van der Waals surface area contributed by atoms with Gasteiger partial charge in [0.05, 0.1) is 0 Å². The lowest BCUT2D eigenvalue weighted by atomic mass is 10.2. The molecule has 0 saturated carbocycles. The van der Waals surface area contributed by atoms with Gasteiger partial charge in [0.15, 0.2) is 0 Å². The van der Waals surface area contributed by atoms with Crippen molar-refractivity contribution in [2.45, 2.75) is 26.3 Å². The first kappa shape index (κ1) is 10.5. The van der Waals surface area contributed by atoms with E-state index in [0.29, 0.717) is 17.4 Å². The molecule has 1 aromatic heterocycles. The summed E-state index contributed by atoms with van der Waals surface area (Å²) in [6.45, 7) is 4.13. The highest BCUT2D eigenvalue weighted by atomic mass is 16.1. The normalized spacial score (nSPS) is 12.1. The first-order valence-electron chi connectivity index (χ1n) is 4.66. The number of amides is 1. The number of nitrogens with one attached hydrogen (secondary N) is 1. The maximum absolute atomic E-state index is 10.9. The molecule has 0 aliphatic rings. The second-order valence-electron chi connectivity index (χ2n) is 3.25. The molecule has 1 unspecified atom stereocenters. The van der Waals surface area contributed by atoms with E-state index in [4.69, 9.17) is 5.73 Å². The number of rotatable bonds is 4. The molecule has 0 saturated heterocycles. The van der Waals surface area contributed by atoms with E-state index in [2.05, 4.69) is 24.1 Å². The lowest BCUT2D eigenvalue weighted by Gasteiger charge is -2.11. The van der Waals surface area contributed by atoms with Gasteiger partial charge in [0, 0.05) is 17.8 Å². The van der Waals surface area contributed by atoms with Gasteiger partial charge in [-0.25, -0.2) is 4.98 Å². The standard InChI is InChI=1S/C10H15N3O/c1-3-7(2)13-9-6-8(10(11)14)4-5-12-9/h4-7H,3H2,1-2H3,(H2,11,14)(H,12,13). The third-order valence-corrected chi connectivity index (χ3v) is 2.05. The fourth-order valence-corrected chi connectivity index (χ4v) is 1.02. The molecule has 76 valence electrons. The van der Waals surface area contributed by atoms with Gasteiger partial charge in [-0.15, -0.1) is 0 Å². The van der Waals surface area contributed by atoms with E-state index in [1.54, 1.807) is 18.3 Å². The van der Waals surface area contributed by atoms with Crippen LogP contribution in [0, 0.1) is 0 Å². The summed E-state index contributed by atoms with van der Waals surface area (Å²) in [6, 6.07) is 3.60. The summed E-state index contributed by atoms with van der Waals surface area (Å²) in [5.41, 5.74) is 5.63. The highest BCUT2D eigenvalue weighted by Crippen LogP contribution is 2.08. The lowest BCUT2D eigenvalue weighted by Crippen LogP contribution is -2.16. The SMILES string of the molecule is CCC(C)Nc1cc(C(N)=O)ccn1. The lowest BCUT2D eigenvalue weighted by molar-refractivity contribution is 0.1000. The Balaban J connectivity index is 2.78. The number of nitrogens with two attached hydrogens (primary N) is 1. The molecule has 0 fully saturated rings. The van der Waals surface area contributed by atoms with E-state index in [1.807, 2.05) is 0 Å². The third-order valence-electron chi connectivity index (χ3n) is 2.05. The molecule has 4 nitrogen and oxygen atoms in total. The van der Waals surface area contributed by atoms with Crippen molar-refractivity contribution in [2.24, 2.45) is 5.73 Å². The van der Waals surface area contributed by atoms with Gasteiger partial charge in [-0.3, -0.25) is 4.79 Å². The minimum atomic E-state index is -0.431. The Bertz CT molecular complexity index is 325. The fraction of sp³-hybridized carbons (Fsp3) is 0.400. The van der Waals surface area contributed by atoms with Crippen LogP contribution < -0.4 is 11.1 Å². The number of pyridine rings is 1. The summed E-state index contributed by atoms with van der Waals surface area (Å²) in [7, 11) is 0. The Morgan fingerprint density at radius 1 is 1.71 bits per heavy atom. The van der Waals surface area contributed by atoms with Gasteiger partial charge in [-0.2, -0.15) is 0 Å². The number of carbonyl (C=O) groups excluding carboxylic acids is 1. The van der Waals surface area contributed by atoms with Crippen LogP contribution in [0.1, 0.15) is 30.6 Å². The Kier molecular flexibility index (Phi) is 3.45. The van der Waals surface area contributed by atoms with Crippen molar-refractivity contribution in [1.82, 2.24) is 4.98 Å². The van der Waals surface area contributed by atoms with Crippen LogP contribution in [-0.4, -0.2) is 16.9 Å². The molecule has 0 aliphatic carbocycles. The van der Waals surface area contributed by atoms with Gasteiger partial charge in [0.1, 0.15) is 5.82 Å². The van der Waals surface area contributed by atoms with Gasteiger partial charge >= 0.3 is 0 Å². The molecule has 1 atom stereocenters. The molecule has 0 aliphatic heterocycles. The van der Waals surface area contributed by atoms with E-state index in [1.165, 1.54) is 0 Å². The van der Waals surface area contributed by atoms with Crippen LogP contribution in [0.4, 0.5) is 5.82 Å². The molecule has 1 aromatic rings. The van der Waals surface area contributed by atoms with Crippen LogP contribution in [0.5, 0.6) is 0 Å². The van der Waals surface area contributed by atoms with E-state index in [-0.39, 0.29) is 0 Å². The largest absolute Gasteiger partial charge is 0.368 e. The molecule has 0 spiro atoms. The number of hydrogen-bond donors (Lipinski definition) is 2. The second-order valence-corrected chi connectivity index (χ2v) is 3.25. The third kappa shape index (κ3) is 2.73. The predicted octanol–water partition coefficient (Wildman–Crippen LogP) is 1.39. The number of anilines is 1. The first-order chi connectivity index (χ1) is 6.63. The Morgan fingerprint density at radius 2 is 2.43 bits per heavy atom. The van der Waals surface area contributed by atoms with Crippen molar-refractivity contribution < 1.29 is 4.79 Å². The summed E-state index contributed by atoms with van der Waals surface area (Å²) in [5.74, 6) is 0.259. The average Bonchev–Trinajstić information content (AvgIpc) is 2.18. The van der Waals surface area contributed by atoms with Crippen molar-refractivity contribution in [3.63, 3.8) is 0 Å². The van der Waals surface area contributed by atoms with Crippen LogP contribution in [0.25, 0.3) is 0 Å². The zero-order valence-electron chi connectivity index (χ0n) is 8.45. The molecular formula is C10H15N3O. The van der Waals surface area contributed by atoms with Crippen LogP contribution in [0.15, 0.2) is 18.3 Å². The zero-order chi connectivity index (χ0) is 10.6. The number of primary amides is 1. The zero-order valence-corrected chi connectivity index (χ0v) is 8.45. The smallest absolute Gasteiger partial charge is 0.248 e. The van der Waals surface area contributed by atoms with E-state index < -0.39 is 5.91 Å². The number of nitrogens with zero attached hydrogens (tertiary/aromatic N) is 1. The number of carbonyl (C=O) groups is 1. The van der Waals surface area contributed by atoms with Gasteiger partial charge in [0.25, 0.3) is 0 Å². The van der Waals surface area contributed by atoms with E-state index in [0.717, 1.165) is 6.42 Å². The summed E-state index contributed by atoms with van der Waals surface area (Å²) in [5, 5.41) is 3.17. The molecule has 0 radical (unpaired) electrons. The number of aromatic nitrogens is 1. The Morgan fingerprint density at radius 3 is 3.00 bits per heavy atom. The van der Waals surface area contributed by atoms with Crippen LogP contribution in [0.2, 0.25) is 0 Å². The average molecular weight is 193 g/mol. The van der Waals surface area contributed by atoms with Crippen molar-refractivity contribution in [2.75, 3.05) is 5.32 Å². The summed E-state index contributed by atoms with van der Waals surface area (Å²) < 4.78 is 0. The summed E-state index contributed by atoms with van der Waals surface area (Å²) in [4.78, 5) is 15.0. The number of hydrogen-bond acceptors (Lipinski definition) is 3. The van der Waals surface area contributed by atoms with Gasteiger partial charge in [-0.05, 0) is 25.5 Å². The molecule has 1 rings (SSSR count). The highest BCUT2D eigenvalue weighted by molar-refractivity contribution is 5.93. The predicted molar refractivity (Wildman–Crippen MR) is 56.1 cm³/mol. The molecule has 3 N–H and O–H groups in total. The molecule has 0 bridgehead atoms. The Labute approximate surface area is 83.5 Å². The summed E-state index contributed by atoms with van der Waals surface area (Å²) in [6.07, 6.45) is 2.58. The fourth-order valence-electron chi connectivity index (χ4n) is 1.02. The first-order valence-corrected chi connectivity index (χ1v) is 4.66. The topological polar surface area (TPSA) is 68.0 Å². The van der Waals surface area contributed by atoms with E-state index in [9.17, 15) is 4.79 Å². The second kappa shape index (κ2) is 4.60. The van der Waals surface area contributed by atoms with Crippen LogP contribution in [-0.2, 0) is 0 Å². The van der Waals surface area contributed by atoms with Crippen LogP contribution in [0.3, 0.4) is 0 Å². The minimum Gasteiger partial charge on any atom is -0.368 e. The van der Waals surface area contributed by atoms with Crippen molar-refractivity contribution in [1.29, 1.82) is 0 Å². The highest BCUT2D eigenvalue weighted by Gasteiger charge is 2.03. The van der Waals surface area contributed by atoms with Crippen molar-refractivity contribution in [3.05, 3.63) is 23.9 Å². The van der Waals surface area contributed by atoms with Crippen LogP contribution >= 0.6 is 0 Å². The van der Waals surface area contributed by atoms with E-state index >= 15 is 0 Å². The maximum Gasteiger partial charge on any atom is 0.248 e. The quantitative estimate of drug-likeness (QED) is 0.759. The molecule has 4 heteroatoms. The van der Waals surface area contributed by atoms with Gasteiger partial charge in [-0.1, -0.05) is 6.92 Å². The molecule has 14 heavy (non-hydrogen) atoms. The monoisotopic (exact) mass is 193 g/mol. The molecule has 0 aromatic carbocycles. The Hall–Kier alpha value is -1.58. The minimum absolute atomic E-state index is 0.339.